The summed E-state index contributed by atoms with van der Waals surface area (Å²) < 4.78 is 0. The summed E-state index contributed by atoms with van der Waals surface area (Å²) in [4.78, 5) is 6.73. The standard InChI is InChI=1S/C18H13N2/c1-2-7-15-13-19-17(12-14(15)6-1)16-8-5-11-20-10-4-3-9-18(16)20/h1-10,12H,11H2. The number of fused-ring (bicyclic) bond motifs is 2. The molecule has 2 aliphatic rings. The predicted molar refractivity (Wildman–Crippen MR) is 81.6 cm³/mol. The lowest BCUT2D eigenvalue weighted by molar-refractivity contribution is 0.526. The van der Waals surface area contributed by atoms with Gasteiger partial charge in [0.1, 0.15) is 0 Å². The molecule has 0 aliphatic carbocycles. The number of aromatic nitrogens is 1. The fourth-order valence-corrected chi connectivity index (χ4v) is 2.63. The van der Waals surface area contributed by atoms with E-state index in [-0.39, 0.29) is 0 Å². The van der Waals surface area contributed by atoms with Gasteiger partial charge in [0.25, 0.3) is 0 Å². The maximum Gasteiger partial charge on any atom is 0.0978 e. The molecule has 0 saturated heterocycles. The molecule has 0 amide bonds. The largest absolute Gasteiger partial charge is 0.344 e. The number of allylic oxidation sites excluding steroid dienone is 5. The second kappa shape index (κ2) is 4.49. The van der Waals surface area contributed by atoms with Crippen LogP contribution >= 0.6 is 0 Å². The van der Waals surface area contributed by atoms with E-state index in [0.717, 1.165) is 23.2 Å². The van der Waals surface area contributed by atoms with Gasteiger partial charge < -0.3 is 4.90 Å². The highest BCUT2D eigenvalue weighted by atomic mass is 15.1. The molecule has 0 atom stereocenters. The van der Waals surface area contributed by atoms with E-state index in [9.17, 15) is 0 Å². The SMILES string of the molecule is [c]1nc(C2=C3C=CC=CN3CC=C2)cc2ccccc12. The highest BCUT2D eigenvalue weighted by Gasteiger charge is 2.16. The van der Waals surface area contributed by atoms with Crippen molar-refractivity contribution in [3.8, 4) is 0 Å². The van der Waals surface area contributed by atoms with E-state index in [1.807, 2.05) is 18.2 Å². The van der Waals surface area contributed by atoms with Crippen LogP contribution in [0.2, 0.25) is 0 Å². The van der Waals surface area contributed by atoms with Crippen LogP contribution in [0.25, 0.3) is 16.3 Å². The Morgan fingerprint density at radius 3 is 3.05 bits per heavy atom. The normalized spacial score (nSPS) is 16.9. The first-order valence-corrected chi connectivity index (χ1v) is 6.72. The van der Waals surface area contributed by atoms with Crippen LogP contribution < -0.4 is 0 Å². The van der Waals surface area contributed by atoms with Gasteiger partial charge in [0.15, 0.2) is 0 Å². The molecule has 2 nitrogen and oxygen atoms in total. The zero-order valence-electron chi connectivity index (χ0n) is 11.0. The third kappa shape index (κ3) is 1.77. The molecule has 2 aromatic rings. The van der Waals surface area contributed by atoms with Gasteiger partial charge in [-0.05, 0) is 23.6 Å². The summed E-state index contributed by atoms with van der Waals surface area (Å²) in [6.45, 7) is 0.914. The van der Waals surface area contributed by atoms with Crippen molar-refractivity contribution in [2.75, 3.05) is 6.54 Å². The Hall–Kier alpha value is -2.61. The number of hydrogen-bond donors (Lipinski definition) is 0. The monoisotopic (exact) mass is 257 g/mol. The van der Waals surface area contributed by atoms with E-state index in [0.29, 0.717) is 0 Å². The molecule has 20 heavy (non-hydrogen) atoms. The quantitative estimate of drug-likeness (QED) is 0.774. The van der Waals surface area contributed by atoms with E-state index >= 15 is 0 Å². The Balaban J connectivity index is 1.89. The molecule has 2 aliphatic heterocycles. The first kappa shape index (κ1) is 11.2. The summed E-state index contributed by atoms with van der Waals surface area (Å²) in [5.41, 5.74) is 3.32. The van der Waals surface area contributed by atoms with Gasteiger partial charge >= 0.3 is 0 Å². The number of nitrogens with zero attached hydrogens (tertiary/aromatic N) is 2. The Bertz CT molecular complexity index is 794. The van der Waals surface area contributed by atoms with Gasteiger partial charge in [-0.1, -0.05) is 42.5 Å². The molecular formula is C18H13N2. The molecule has 3 heterocycles. The van der Waals surface area contributed by atoms with E-state index in [1.165, 1.54) is 11.1 Å². The summed E-state index contributed by atoms with van der Waals surface area (Å²) in [5.74, 6) is 0. The lowest BCUT2D eigenvalue weighted by atomic mass is 10.0. The van der Waals surface area contributed by atoms with Gasteiger partial charge in [0, 0.05) is 23.7 Å². The molecule has 2 heteroatoms. The first-order valence-electron chi connectivity index (χ1n) is 6.72. The maximum absolute atomic E-state index is 4.50. The Labute approximate surface area is 118 Å². The molecule has 95 valence electrons. The van der Waals surface area contributed by atoms with Crippen LogP contribution in [0.5, 0.6) is 0 Å². The van der Waals surface area contributed by atoms with Crippen LogP contribution in [0.1, 0.15) is 5.69 Å². The zero-order chi connectivity index (χ0) is 13.4. The molecule has 0 spiro atoms. The lowest BCUT2D eigenvalue weighted by Gasteiger charge is -2.27. The molecular weight excluding hydrogens is 244 g/mol. The molecule has 0 N–H and O–H groups in total. The minimum atomic E-state index is 0.914. The van der Waals surface area contributed by atoms with Crippen molar-refractivity contribution in [3.05, 3.63) is 84.5 Å². The van der Waals surface area contributed by atoms with Crippen molar-refractivity contribution in [1.82, 2.24) is 9.88 Å². The van der Waals surface area contributed by atoms with Crippen molar-refractivity contribution >= 4 is 16.3 Å². The Morgan fingerprint density at radius 1 is 1.10 bits per heavy atom. The predicted octanol–water partition coefficient (Wildman–Crippen LogP) is 3.70. The van der Waals surface area contributed by atoms with Crippen LogP contribution in [0.4, 0.5) is 0 Å². The Kier molecular flexibility index (Phi) is 2.52. The molecule has 1 aromatic heterocycles. The second-order valence-electron chi connectivity index (χ2n) is 4.89. The van der Waals surface area contributed by atoms with E-state index in [1.54, 1.807) is 0 Å². The van der Waals surface area contributed by atoms with Gasteiger partial charge in [-0.2, -0.15) is 0 Å². The molecule has 0 saturated carbocycles. The minimum Gasteiger partial charge on any atom is -0.344 e. The number of pyridine rings is 1. The van der Waals surface area contributed by atoms with Crippen molar-refractivity contribution < 1.29 is 0 Å². The van der Waals surface area contributed by atoms with Crippen molar-refractivity contribution in [2.24, 2.45) is 0 Å². The third-order valence-corrected chi connectivity index (χ3v) is 3.63. The van der Waals surface area contributed by atoms with Gasteiger partial charge in [-0.25, -0.2) is 4.98 Å². The fraction of sp³-hybridized carbons (Fsp3) is 0.0556. The minimum absolute atomic E-state index is 0.914. The third-order valence-electron chi connectivity index (χ3n) is 3.63. The number of hydrogen-bond acceptors (Lipinski definition) is 2. The van der Waals surface area contributed by atoms with Crippen LogP contribution in [-0.4, -0.2) is 16.4 Å². The van der Waals surface area contributed by atoms with Crippen LogP contribution in [0, 0.1) is 6.20 Å². The van der Waals surface area contributed by atoms with Crippen molar-refractivity contribution in [1.29, 1.82) is 0 Å². The van der Waals surface area contributed by atoms with Crippen LogP contribution in [0.15, 0.2) is 72.6 Å². The highest BCUT2D eigenvalue weighted by molar-refractivity contribution is 5.86. The van der Waals surface area contributed by atoms with Crippen molar-refractivity contribution in [2.45, 2.75) is 0 Å². The topological polar surface area (TPSA) is 16.1 Å². The highest BCUT2D eigenvalue weighted by Crippen LogP contribution is 2.29. The zero-order valence-corrected chi connectivity index (χ0v) is 11.0. The summed E-state index contributed by atoms with van der Waals surface area (Å²) in [6.07, 6.45) is 15.8. The van der Waals surface area contributed by atoms with E-state index < -0.39 is 0 Å². The fourth-order valence-electron chi connectivity index (χ4n) is 2.63. The molecule has 4 rings (SSSR count). The van der Waals surface area contributed by atoms with Crippen LogP contribution in [0.3, 0.4) is 0 Å². The average Bonchev–Trinajstić information content (AvgIpc) is 2.54. The van der Waals surface area contributed by atoms with Crippen LogP contribution in [-0.2, 0) is 0 Å². The molecule has 0 unspecified atom stereocenters. The second-order valence-corrected chi connectivity index (χ2v) is 4.89. The Morgan fingerprint density at radius 2 is 2.05 bits per heavy atom. The molecule has 0 bridgehead atoms. The lowest BCUT2D eigenvalue weighted by Crippen LogP contribution is -2.21. The average molecular weight is 257 g/mol. The van der Waals surface area contributed by atoms with Gasteiger partial charge in [0.2, 0.25) is 0 Å². The number of benzene rings is 1. The molecule has 1 radical (unpaired) electrons. The van der Waals surface area contributed by atoms with Gasteiger partial charge in [-0.15, -0.1) is 0 Å². The van der Waals surface area contributed by atoms with E-state index in [2.05, 4.69) is 64.8 Å². The summed E-state index contributed by atoms with van der Waals surface area (Å²) in [7, 11) is 0. The summed E-state index contributed by atoms with van der Waals surface area (Å²) >= 11 is 0. The maximum atomic E-state index is 4.50. The number of rotatable bonds is 1. The van der Waals surface area contributed by atoms with Gasteiger partial charge in [-0.3, -0.25) is 0 Å². The summed E-state index contributed by atoms with van der Waals surface area (Å²) in [6, 6.07) is 10.3. The first-order chi connectivity index (χ1) is 9.92. The smallest absolute Gasteiger partial charge is 0.0978 e. The summed E-state index contributed by atoms with van der Waals surface area (Å²) in [5, 5.41) is 2.23. The van der Waals surface area contributed by atoms with E-state index in [4.69, 9.17) is 0 Å². The molecule has 1 aromatic carbocycles. The van der Waals surface area contributed by atoms with Gasteiger partial charge in [0.05, 0.1) is 17.6 Å². The van der Waals surface area contributed by atoms with Crippen molar-refractivity contribution in [3.63, 3.8) is 0 Å². The molecule has 0 fully saturated rings.